The fourth-order valence-electron chi connectivity index (χ4n) is 1.11. The quantitative estimate of drug-likeness (QED) is 0.632. The largest absolute Gasteiger partial charge is 0.380 e. The number of nitrogens with two attached hydrogens (primary N) is 1. The topological polar surface area (TPSA) is 35.2 Å². The molecule has 0 aliphatic heterocycles. The summed E-state index contributed by atoms with van der Waals surface area (Å²) in [6, 6.07) is 0. The highest BCUT2D eigenvalue weighted by atomic mass is 32.1. The van der Waals surface area contributed by atoms with Gasteiger partial charge in [-0.05, 0) is 30.6 Å². The molecule has 3 heteroatoms. The van der Waals surface area contributed by atoms with Crippen LogP contribution in [0, 0.1) is 10.8 Å². The van der Waals surface area contributed by atoms with Gasteiger partial charge in [-0.1, -0.05) is 27.7 Å². The van der Waals surface area contributed by atoms with Crippen molar-refractivity contribution in [3.05, 3.63) is 0 Å². The molecule has 92 valence electrons. The average molecular weight is 233 g/mol. The molecule has 0 aliphatic carbocycles. The molecule has 2 N–H and O–H groups in total. The Morgan fingerprint density at radius 2 is 1.53 bits per heavy atom. The van der Waals surface area contributed by atoms with Gasteiger partial charge in [0, 0.05) is 5.41 Å². The fourth-order valence-corrected chi connectivity index (χ4v) is 1.42. The van der Waals surface area contributed by atoms with Crippen LogP contribution in [0.5, 0.6) is 0 Å². The Kier molecular flexibility index (Phi) is 6.89. The van der Waals surface area contributed by atoms with Crippen molar-refractivity contribution < 1.29 is 4.74 Å². The van der Waals surface area contributed by atoms with Crippen LogP contribution < -0.4 is 5.73 Å². The fraction of sp³-hybridized carbons (Fsp3) is 1.00. The van der Waals surface area contributed by atoms with Crippen LogP contribution in [-0.2, 0) is 4.74 Å². The maximum absolute atomic E-state index is 5.80. The van der Waals surface area contributed by atoms with Gasteiger partial charge in [0.25, 0.3) is 0 Å². The summed E-state index contributed by atoms with van der Waals surface area (Å²) < 4.78 is 5.80. The van der Waals surface area contributed by atoms with E-state index in [1.807, 2.05) is 0 Å². The zero-order valence-corrected chi connectivity index (χ0v) is 11.6. The smallest absolute Gasteiger partial charge is 0.0532 e. The van der Waals surface area contributed by atoms with E-state index in [1.54, 1.807) is 0 Å². The average Bonchev–Trinajstić information content (AvgIpc) is 2.28. The molecule has 15 heavy (non-hydrogen) atoms. The lowest BCUT2D eigenvalue weighted by Crippen LogP contribution is -2.34. The monoisotopic (exact) mass is 233 g/mol. The molecule has 0 heterocycles. The molecule has 0 radical (unpaired) electrons. The summed E-state index contributed by atoms with van der Waals surface area (Å²) in [5, 5.41) is 0. The minimum atomic E-state index is 0.130. The molecule has 0 fully saturated rings. The first kappa shape index (κ1) is 15.3. The molecular formula is C12H27NOS. The van der Waals surface area contributed by atoms with Gasteiger partial charge in [0.15, 0.2) is 0 Å². The summed E-state index contributed by atoms with van der Waals surface area (Å²) in [5.74, 6) is 0.870. The number of thiol groups is 1. The Labute approximate surface area is 100 Å². The molecule has 2 nitrogen and oxygen atoms in total. The number of ether oxygens (including phenoxy) is 1. The second-order valence-electron chi connectivity index (χ2n) is 5.18. The third kappa shape index (κ3) is 5.23. The maximum atomic E-state index is 5.80. The molecule has 2 atom stereocenters. The summed E-state index contributed by atoms with van der Waals surface area (Å²) in [7, 11) is 0. The summed E-state index contributed by atoms with van der Waals surface area (Å²) in [6.45, 7) is 11.0. The van der Waals surface area contributed by atoms with E-state index in [9.17, 15) is 0 Å². The first-order valence-electron chi connectivity index (χ1n) is 5.84. The van der Waals surface area contributed by atoms with Gasteiger partial charge in [0.2, 0.25) is 0 Å². The molecular weight excluding hydrogens is 206 g/mol. The third-order valence-electron chi connectivity index (χ3n) is 3.48. The van der Waals surface area contributed by atoms with Crippen LogP contribution in [0.4, 0.5) is 0 Å². The van der Waals surface area contributed by atoms with E-state index in [1.165, 1.54) is 0 Å². The van der Waals surface area contributed by atoms with E-state index in [0.29, 0.717) is 6.54 Å². The lowest BCUT2D eigenvalue weighted by molar-refractivity contribution is 0.0111. The minimum Gasteiger partial charge on any atom is -0.380 e. The first-order valence-corrected chi connectivity index (χ1v) is 6.47. The molecule has 2 unspecified atom stereocenters. The molecule has 0 saturated carbocycles. The van der Waals surface area contributed by atoms with Crippen molar-refractivity contribution in [1.29, 1.82) is 0 Å². The Hall–Kier alpha value is 0.270. The molecule has 0 aromatic carbocycles. The Bertz CT molecular complexity index is 147. The number of rotatable bonds is 8. The second kappa shape index (κ2) is 6.77. The molecule has 0 aliphatic rings. The number of hydrogen-bond acceptors (Lipinski definition) is 3. The summed E-state index contributed by atoms with van der Waals surface area (Å²) in [4.78, 5) is 0. The van der Waals surface area contributed by atoms with Gasteiger partial charge in [-0.3, -0.25) is 0 Å². The predicted octanol–water partition coefficient (Wildman–Crippen LogP) is 2.72. The predicted molar refractivity (Wildman–Crippen MR) is 70.5 cm³/mol. The van der Waals surface area contributed by atoms with E-state index in [2.05, 4.69) is 40.3 Å². The van der Waals surface area contributed by atoms with Crippen molar-refractivity contribution in [3.63, 3.8) is 0 Å². The Morgan fingerprint density at radius 1 is 1.07 bits per heavy atom. The molecule has 0 amide bonds. The van der Waals surface area contributed by atoms with Crippen LogP contribution >= 0.6 is 12.6 Å². The van der Waals surface area contributed by atoms with Gasteiger partial charge in [0.05, 0.1) is 13.2 Å². The summed E-state index contributed by atoms with van der Waals surface area (Å²) >= 11 is 4.37. The lowest BCUT2D eigenvalue weighted by Gasteiger charge is -2.30. The maximum Gasteiger partial charge on any atom is 0.0532 e. The standard InChI is InChI=1S/C12H27NOS/c1-5-11(3,7-13)8-14-9-12(4,6-2)10-15/h15H,5-10,13H2,1-4H3. The third-order valence-corrected chi connectivity index (χ3v) is 4.25. The van der Waals surface area contributed by atoms with Crippen molar-refractivity contribution in [2.75, 3.05) is 25.5 Å². The highest BCUT2D eigenvalue weighted by molar-refractivity contribution is 7.80. The van der Waals surface area contributed by atoms with Crippen molar-refractivity contribution in [2.45, 2.75) is 40.5 Å². The van der Waals surface area contributed by atoms with Crippen molar-refractivity contribution >= 4 is 12.6 Å². The van der Waals surface area contributed by atoms with Gasteiger partial charge in [-0.2, -0.15) is 12.6 Å². The SMILES string of the molecule is CCC(C)(CN)COCC(C)(CC)CS. The Balaban J connectivity index is 3.96. The lowest BCUT2D eigenvalue weighted by atomic mass is 9.88. The molecule has 0 rings (SSSR count). The zero-order chi connectivity index (χ0) is 11.9. The molecule has 0 saturated heterocycles. The van der Waals surface area contributed by atoms with E-state index < -0.39 is 0 Å². The Morgan fingerprint density at radius 3 is 1.87 bits per heavy atom. The van der Waals surface area contributed by atoms with Crippen LogP contribution in [0.25, 0.3) is 0 Å². The van der Waals surface area contributed by atoms with Gasteiger partial charge in [-0.15, -0.1) is 0 Å². The number of hydrogen-bond donors (Lipinski definition) is 2. The van der Waals surface area contributed by atoms with E-state index in [4.69, 9.17) is 10.5 Å². The van der Waals surface area contributed by atoms with Crippen LogP contribution in [0.1, 0.15) is 40.5 Å². The van der Waals surface area contributed by atoms with Crippen LogP contribution in [0.15, 0.2) is 0 Å². The van der Waals surface area contributed by atoms with Crippen LogP contribution in [-0.4, -0.2) is 25.5 Å². The van der Waals surface area contributed by atoms with Gasteiger partial charge in [-0.25, -0.2) is 0 Å². The van der Waals surface area contributed by atoms with Crippen molar-refractivity contribution in [2.24, 2.45) is 16.6 Å². The zero-order valence-electron chi connectivity index (χ0n) is 10.7. The van der Waals surface area contributed by atoms with Gasteiger partial charge >= 0.3 is 0 Å². The van der Waals surface area contributed by atoms with Crippen LogP contribution in [0.2, 0.25) is 0 Å². The summed E-state index contributed by atoms with van der Waals surface area (Å²) in [6.07, 6.45) is 2.16. The van der Waals surface area contributed by atoms with Gasteiger partial charge < -0.3 is 10.5 Å². The molecule has 0 aromatic rings. The molecule has 0 spiro atoms. The first-order chi connectivity index (χ1) is 6.95. The van der Waals surface area contributed by atoms with Gasteiger partial charge in [0.1, 0.15) is 0 Å². The highest BCUT2D eigenvalue weighted by Gasteiger charge is 2.24. The van der Waals surface area contributed by atoms with E-state index in [0.717, 1.165) is 31.8 Å². The van der Waals surface area contributed by atoms with E-state index in [-0.39, 0.29) is 10.8 Å². The summed E-state index contributed by atoms with van der Waals surface area (Å²) in [5.41, 5.74) is 6.07. The van der Waals surface area contributed by atoms with Crippen LogP contribution in [0.3, 0.4) is 0 Å². The normalized spacial score (nSPS) is 19.6. The van der Waals surface area contributed by atoms with E-state index >= 15 is 0 Å². The van der Waals surface area contributed by atoms with Crippen molar-refractivity contribution in [1.82, 2.24) is 0 Å². The highest BCUT2D eigenvalue weighted by Crippen LogP contribution is 2.25. The van der Waals surface area contributed by atoms with Crippen molar-refractivity contribution in [3.8, 4) is 0 Å². The molecule has 0 bridgehead atoms. The minimum absolute atomic E-state index is 0.130. The molecule has 0 aromatic heterocycles. The second-order valence-corrected chi connectivity index (χ2v) is 5.50.